The Balaban J connectivity index is 1.66. The van der Waals surface area contributed by atoms with Crippen LogP contribution in [0.25, 0.3) is 11.1 Å². The highest BCUT2D eigenvalue weighted by atomic mass is 16.5. The van der Waals surface area contributed by atoms with Gasteiger partial charge in [-0.3, -0.25) is 0 Å². The third-order valence-corrected chi connectivity index (χ3v) is 4.26. The molecule has 1 saturated carbocycles. The quantitative estimate of drug-likeness (QED) is 0.915. The van der Waals surface area contributed by atoms with Crippen LogP contribution in [-0.2, 0) is 6.42 Å². The average molecular weight is 265 g/mol. The Morgan fingerprint density at radius 1 is 0.950 bits per heavy atom. The monoisotopic (exact) mass is 265 g/mol. The van der Waals surface area contributed by atoms with Gasteiger partial charge in [-0.25, -0.2) is 0 Å². The van der Waals surface area contributed by atoms with Gasteiger partial charge in [-0.15, -0.1) is 0 Å². The van der Waals surface area contributed by atoms with Crippen molar-refractivity contribution in [2.24, 2.45) is 5.73 Å². The zero-order valence-electron chi connectivity index (χ0n) is 11.5. The molecule has 2 heteroatoms. The highest BCUT2D eigenvalue weighted by Crippen LogP contribution is 2.34. The van der Waals surface area contributed by atoms with Crippen LogP contribution in [0.15, 0.2) is 42.5 Å². The molecule has 0 saturated heterocycles. The number of nitrogens with two attached hydrogens (primary N) is 1. The molecule has 2 aromatic rings. The minimum absolute atomic E-state index is 0.226. The van der Waals surface area contributed by atoms with Crippen molar-refractivity contribution >= 4 is 0 Å². The lowest BCUT2D eigenvalue weighted by molar-refractivity contribution is 0.303. The molecule has 0 radical (unpaired) electrons. The van der Waals surface area contributed by atoms with Crippen molar-refractivity contribution in [1.29, 1.82) is 0 Å². The third-order valence-electron chi connectivity index (χ3n) is 4.26. The maximum absolute atomic E-state index is 6.10. The van der Waals surface area contributed by atoms with Gasteiger partial charge >= 0.3 is 0 Å². The van der Waals surface area contributed by atoms with Crippen molar-refractivity contribution in [1.82, 2.24) is 0 Å². The van der Waals surface area contributed by atoms with Crippen LogP contribution in [0, 0.1) is 0 Å². The second kappa shape index (κ2) is 4.64. The van der Waals surface area contributed by atoms with E-state index in [9.17, 15) is 0 Å². The van der Waals surface area contributed by atoms with Gasteiger partial charge in [-0.1, -0.05) is 30.3 Å². The summed E-state index contributed by atoms with van der Waals surface area (Å²) in [6, 6.07) is 15.3. The lowest BCUT2D eigenvalue weighted by Crippen LogP contribution is -2.04. The largest absolute Gasteiger partial charge is 0.490 e. The molecular formula is C18H19NO. The molecule has 0 spiro atoms. The molecule has 0 bridgehead atoms. The molecule has 20 heavy (non-hydrogen) atoms. The predicted octanol–water partition coefficient (Wildman–Crippen LogP) is 3.84. The molecule has 0 aliphatic heterocycles. The Morgan fingerprint density at radius 3 is 2.65 bits per heavy atom. The Morgan fingerprint density at radius 2 is 1.80 bits per heavy atom. The molecule has 1 atom stereocenters. The van der Waals surface area contributed by atoms with Crippen molar-refractivity contribution < 1.29 is 4.74 Å². The normalized spacial score (nSPS) is 20.8. The first kappa shape index (κ1) is 12.0. The van der Waals surface area contributed by atoms with E-state index in [0.29, 0.717) is 6.10 Å². The van der Waals surface area contributed by atoms with E-state index >= 15 is 0 Å². The number of rotatable bonds is 3. The van der Waals surface area contributed by atoms with Crippen molar-refractivity contribution in [3.63, 3.8) is 0 Å². The molecule has 4 rings (SSSR count). The van der Waals surface area contributed by atoms with E-state index in [4.69, 9.17) is 10.5 Å². The van der Waals surface area contributed by atoms with E-state index in [1.807, 2.05) is 6.07 Å². The van der Waals surface area contributed by atoms with Crippen molar-refractivity contribution in [2.45, 2.75) is 37.8 Å². The zero-order chi connectivity index (χ0) is 13.5. The molecule has 2 aliphatic carbocycles. The number of hydrogen-bond acceptors (Lipinski definition) is 2. The summed E-state index contributed by atoms with van der Waals surface area (Å²) in [7, 11) is 0. The van der Waals surface area contributed by atoms with E-state index < -0.39 is 0 Å². The Bertz CT molecular complexity index is 646. The van der Waals surface area contributed by atoms with Crippen molar-refractivity contribution in [3.8, 4) is 16.9 Å². The van der Waals surface area contributed by atoms with E-state index in [1.54, 1.807) is 0 Å². The number of ether oxygens (including phenoxy) is 1. The van der Waals surface area contributed by atoms with Gasteiger partial charge in [0.15, 0.2) is 0 Å². The number of aryl methyl sites for hydroxylation is 1. The maximum atomic E-state index is 6.10. The van der Waals surface area contributed by atoms with Gasteiger partial charge in [-0.05, 0) is 60.1 Å². The summed E-state index contributed by atoms with van der Waals surface area (Å²) in [5, 5.41) is 0. The first-order valence-corrected chi connectivity index (χ1v) is 7.45. The summed E-state index contributed by atoms with van der Waals surface area (Å²) >= 11 is 0. The van der Waals surface area contributed by atoms with Crippen LogP contribution in [-0.4, -0.2) is 6.10 Å². The molecule has 0 heterocycles. The summed E-state index contributed by atoms with van der Waals surface area (Å²) in [5.74, 6) is 0.988. The van der Waals surface area contributed by atoms with Crippen LogP contribution < -0.4 is 10.5 Å². The lowest BCUT2D eigenvalue weighted by Gasteiger charge is -2.09. The molecule has 0 amide bonds. The maximum Gasteiger partial charge on any atom is 0.120 e. The van der Waals surface area contributed by atoms with Gasteiger partial charge in [0.1, 0.15) is 5.75 Å². The van der Waals surface area contributed by atoms with Crippen LogP contribution in [0.4, 0.5) is 0 Å². The van der Waals surface area contributed by atoms with Gasteiger partial charge in [0.25, 0.3) is 0 Å². The van der Waals surface area contributed by atoms with Gasteiger partial charge in [-0.2, -0.15) is 0 Å². The average Bonchev–Trinajstić information content (AvgIpc) is 3.21. The molecule has 1 unspecified atom stereocenters. The van der Waals surface area contributed by atoms with Crippen LogP contribution >= 0.6 is 0 Å². The molecule has 0 aromatic heterocycles. The van der Waals surface area contributed by atoms with Gasteiger partial charge < -0.3 is 10.5 Å². The highest BCUT2D eigenvalue weighted by molar-refractivity contribution is 5.67. The Labute approximate surface area is 119 Å². The fraction of sp³-hybridized carbons (Fsp3) is 0.333. The van der Waals surface area contributed by atoms with Crippen molar-refractivity contribution in [3.05, 3.63) is 53.6 Å². The second-order valence-corrected chi connectivity index (χ2v) is 5.90. The van der Waals surface area contributed by atoms with Crippen LogP contribution in [0.5, 0.6) is 5.75 Å². The first-order chi connectivity index (χ1) is 9.79. The minimum Gasteiger partial charge on any atom is -0.490 e. The Hall–Kier alpha value is -1.80. The molecule has 1 fully saturated rings. The standard InChI is InChI=1S/C18H19NO/c19-18-9-5-14-10-13(4-8-17(14)18)12-2-1-3-16(11-12)20-15-6-7-15/h1-4,8,10-11,15,18H,5-7,9,19H2. The molecular weight excluding hydrogens is 246 g/mol. The number of hydrogen-bond donors (Lipinski definition) is 1. The summed E-state index contributed by atoms with van der Waals surface area (Å²) in [4.78, 5) is 0. The third kappa shape index (κ3) is 2.20. The molecule has 2 N–H and O–H groups in total. The fourth-order valence-corrected chi connectivity index (χ4v) is 2.96. The number of benzene rings is 2. The van der Waals surface area contributed by atoms with E-state index in [0.717, 1.165) is 18.6 Å². The SMILES string of the molecule is NC1CCc2cc(-c3cccc(OC4CC4)c3)ccc21. The molecule has 2 nitrogen and oxygen atoms in total. The fourth-order valence-electron chi connectivity index (χ4n) is 2.96. The summed E-state index contributed by atoms with van der Waals surface area (Å²) < 4.78 is 5.88. The summed E-state index contributed by atoms with van der Waals surface area (Å²) in [6.45, 7) is 0. The highest BCUT2D eigenvalue weighted by Gasteiger charge is 2.23. The minimum atomic E-state index is 0.226. The smallest absolute Gasteiger partial charge is 0.120 e. The molecule has 2 aliphatic rings. The molecule has 2 aromatic carbocycles. The zero-order valence-corrected chi connectivity index (χ0v) is 11.5. The van der Waals surface area contributed by atoms with Crippen molar-refractivity contribution in [2.75, 3.05) is 0 Å². The van der Waals surface area contributed by atoms with Crippen LogP contribution in [0.3, 0.4) is 0 Å². The van der Waals surface area contributed by atoms with Crippen LogP contribution in [0.1, 0.15) is 36.4 Å². The van der Waals surface area contributed by atoms with E-state index in [-0.39, 0.29) is 6.04 Å². The van der Waals surface area contributed by atoms with E-state index in [1.165, 1.54) is 35.1 Å². The first-order valence-electron chi connectivity index (χ1n) is 7.45. The summed E-state index contributed by atoms with van der Waals surface area (Å²) in [6.07, 6.45) is 5.01. The predicted molar refractivity (Wildman–Crippen MR) is 80.8 cm³/mol. The van der Waals surface area contributed by atoms with E-state index in [2.05, 4.69) is 36.4 Å². The number of fused-ring (bicyclic) bond motifs is 1. The van der Waals surface area contributed by atoms with Crippen LogP contribution in [0.2, 0.25) is 0 Å². The Kier molecular flexibility index (Phi) is 2.78. The molecule has 102 valence electrons. The van der Waals surface area contributed by atoms with Gasteiger partial charge in [0.05, 0.1) is 6.10 Å². The second-order valence-electron chi connectivity index (χ2n) is 5.90. The van der Waals surface area contributed by atoms with Gasteiger partial charge in [0, 0.05) is 6.04 Å². The lowest BCUT2D eigenvalue weighted by atomic mass is 10.00. The van der Waals surface area contributed by atoms with Gasteiger partial charge in [0.2, 0.25) is 0 Å². The topological polar surface area (TPSA) is 35.2 Å². The summed E-state index contributed by atoms with van der Waals surface area (Å²) in [5.41, 5.74) is 11.3.